The van der Waals surface area contributed by atoms with Crippen molar-refractivity contribution in [2.45, 2.75) is 57.2 Å². The summed E-state index contributed by atoms with van der Waals surface area (Å²) in [6.45, 7) is 7.10. The van der Waals surface area contributed by atoms with E-state index >= 15 is 0 Å². The van der Waals surface area contributed by atoms with Crippen molar-refractivity contribution in [3.63, 3.8) is 0 Å². The summed E-state index contributed by atoms with van der Waals surface area (Å²) in [5.74, 6) is 0.390. The number of benzene rings is 2. The number of rotatable bonds is 5. The van der Waals surface area contributed by atoms with Gasteiger partial charge in [0.15, 0.2) is 0 Å². The average Bonchev–Trinajstić information content (AvgIpc) is 2.67. The van der Waals surface area contributed by atoms with Crippen molar-refractivity contribution in [2.75, 3.05) is 0 Å². The minimum atomic E-state index is -2.17. The fourth-order valence-electron chi connectivity index (χ4n) is 4.67. The van der Waals surface area contributed by atoms with Gasteiger partial charge in [-0.1, -0.05) is 104 Å². The van der Waals surface area contributed by atoms with E-state index in [2.05, 4.69) is 93.6 Å². The van der Waals surface area contributed by atoms with Gasteiger partial charge in [0.2, 0.25) is 0 Å². The molecule has 0 heterocycles. The molecule has 0 saturated carbocycles. The van der Waals surface area contributed by atoms with E-state index in [4.69, 9.17) is 0 Å². The Morgan fingerprint density at radius 3 is 1.88 bits per heavy atom. The fraction of sp³-hybridized carbons (Fsp3) is 0.417. The van der Waals surface area contributed by atoms with Crippen molar-refractivity contribution < 1.29 is 5.11 Å². The van der Waals surface area contributed by atoms with Gasteiger partial charge >= 0.3 is 0 Å². The molecule has 2 aromatic rings. The summed E-state index contributed by atoms with van der Waals surface area (Å²) >= 11 is 0. The molecule has 0 saturated heterocycles. The Bertz CT molecular complexity index is 675. The highest BCUT2D eigenvalue weighted by molar-refractivity contribution is 7.04. The molecule has 2 aromatic carbocycles. The monoisotopic (exact) mass is 364 g/mol. The van der Waals surface area contributed by atoms with Gasteiger partial charge in [0.05, 0.1) is 6.10 Å². The second-order valence-corrected chi connectivity index (χ2v) is 13.6. The molecule has 1 aliphatic rings. The minimum Gasteiger partial charge on any atom is -0.393 e. The second kappa shape index (κ2) is 7.94. The Morgan fingerprint density at radius 2 is 1.46 bits per heavy atom. The normalized spacial score (nSPS) is 19.3. The Hall–Kier alpha value is -1.64. The second-order valence-electron chi connectivity index (χ2n) is 8.70. The Balaban J connectivity index is 2.09. The van der Waals surface area contributed by atoms with Crippen LogP contribution in [0.15, 0.2) is 72.8 Å². The van der Waals surface area contributed by atoms with E-state index in [1.54, 1.807) is 0 Å². The molecule has 138 valence electrons. The average molecular weight is 365 g/mol. The zero-order chi connectivity index (χ0) is 18.6. The zero-order valence-electron chi connectivity index (χ0n) is 16.4. The number of allylic oxidation sites excluding steroid dienone is 2. The van der Waals surface area contributed by atoms with Gasteiger partial charge in [0, 0.05) is 0 Å². The van der Waals surface area contributed by atoms with Crippen LogP contribution in [0.25, 0.3) is 0 Å². The highest BCUT2D eigenvalue weighted by Crippen LogP contribution is 2.41. The van der Waals surface area contributed by atoms with Gasteiger partial charge in [-0.3, -0.25) is 0 Å². The molecular formula is C24H32OSi. The van der Waals surface area contributed by atoms with E-state index in [9.17, 15) is 5.11 Å². The van der Waals surface area contributed by atoms with Gasteiger partial charge in [0.1, 0.15) is 8.07 Å². The van der Waals surface area contributed by atoms with Crippen molar-refractivity contribution in [1.82, 2.24) is 0 Å². The lowest BCUT2D eigenvalue weighted by molar-refractivity contribution is 0.118. The van der Waals surface area contributed by atoms with Gasteiger partial charge in [-0.15, -0.1) is 0 Å². The summed E-state index contributed by atoms with van der Waals surface area (Å²) in [6.07, 6.45) is 7.48. The van der Waals surface area contributed by atoms with Gasteiger partial charge in [-0.2, -0.15) is 0 Å². The molecule has 0 fully saturated rings. The molecule has 0 radical (unpaired) electrons. The highest BCUT2D eigenvalue weighted by Gasteiger charge is 2.49. The minimum absolute atomic E-state index is 0.112. The third-order valence-corrected chi connectivity index (χ3v) is 12.4. The number of aliphatic hydroxyl groups is 1. The van der Waals surface area contributed by atoms with Gasteiger partial charge < -0.3 is 5.11 Å². The lowest BCUT2D eigenvalue weighted by atomic mass is 9.90. The lowest BCUT2D eigenvalue weighted by Gasteiger charge is -2.46. The molecule has 0 bridgehead atoms. The molecule has 1 N–H and O–H groups in total. The summed E-state index contributed by atoms with van der Waals surface area (Å²) in [6, 6.07) is 22.9. The van der Waals surface area contributed by atoms with Crippen LogP contribution in [-0.4, -0.2) is 19.3 Å². The van der Waals surface area contributed by atoms with Crippen LogP contribution < -0.4 is 10.4 Å². The van der Waals surface area contributed by atoms with Gasteiger partial charge in [0.25, 0.3) is 0 Å². The molecule has 2 unspecified atom stereocenters. The van der Waals surface area contributed by atoms with Crippen molar-refractivity contribution in [3.8, 4) is 0 Å². The molecule has 0 amide bonds. The molecule has 2 atom stereocenters. The molecule has 1 aliphatic carbocycles. The molecule has 1 nitrogen and oxygen atoms in total. The van der Waals surface area contributed by atoms with Crippen LogP contribution in [0.4, 0.5) is 0 Å². The largest absolute Gasteiger partial charge is 0.393 e. The van der Waals surface area contributed by atoms with Crippen LogP contribution in [0.2, 0.25) is 11.1 Å². The van der Waals surface area contributed by atoms with Crippen molar-refractivity contribution in [1.29, 1.82) is 0 Å². The molecule has 0 spiro atoms. The van der Waals surface area contributed by atoms with Crippen LogP contribution in [0.5, 0.6) is 0 Å². The molecule has 3 rings (SSSR count). The number of hydrogen-bond acceptors (Lipinski definition) is 1. The van der Waals surface area contributed by atoms with Crippen LogP contribution >= 0.6 is 0 Å². The van der Waals surface area contributed by atoms with Gasteiger partial charge in [-0.25, -0.2) is 0 Å². The topological polar surface area (TPSA) is 20.2 Å². The van der Waals surface area contributed by atoms with E-state index in [-0.39, 0.29) is 11.1 Å². The van der Waals surface area contributed by atoms with Crippen molar-refractivity contribution in [2.24, 2.45) is 5.92 Å². The van der Waals surface area contributed by atoms with E-state index in [0.29, 0.717) is 5.92 Å². The highest BCUT2D eigenvalue weighted by atomic mass is 28.3. The number of hydrogen-bond donors (Lipinski definition) is 1. The predicted molar refractivity (Wildman–Crippen MR) is 115 cm³/mol. The van der Waals surface area contributed by atoms with Crippen LogP contribution in [0, 0.1) is 5.92 Å². The smallest absolute Gasteiger partial charge is 0.125 e. The van der Waals surface area contributed by atoms with Gasteiger partial charge in [-0.05, 0) is 36.3 Å². The van der Waals surface area contributed by atoms with E-state index in [1.165, 1.54) is 10.4 Å². The number of aliphatic hydroxyl groups excluding tert-OH is 1. The zero-order valence-corrected chi connectivity index (χ0v) is 17.4. The van der Waals surface area contributed by atoms with E-state index in [0.717, 1.165) is 25.3 Å². The first kappa shape index (κ1) is 19.1. The van der Waals surface area contributed by atoms with Crippen LogP contribution in [0.1, 0.15) is 40.0 Å². The SMILES string of the molecule is CC(C)(C)[Si](CC(O)C1CC=CCC1)(c1ccccc1)c1ccccc1. The molecule has 0 aliphatic heterocycles. The maximum absolute atomic E-state index is 11.3. The Kier molecular flexibility index (Phi) is 5.84. The summed E-state index contributed by atoms with van der Waals surface area (Å²) < 4.78 is 0. The molecular weight excluding hydrogens is 332 g/mol. The maximum atomic E-state index is 11.3. The van der Waals surface area contributed by atoms with Crippen LogP contribution in [-0.2, 0) is 0 Å². The molecule has 0 aromatic heterocycles. The first-order chi connectivity index (χ1) is 12.4. The quantitative estimate of drug-likeness (QED) is 0.599. The molecule has 26 heavy (non-hydrogen) atoms. The van der Waals surface area contributed by atoms with Crippen LogP contribution in [0.3, 0.4) is 0 Å². The third kappa shape index (κ3) is 3.72. The fourth-order valence-corrected chi connectivity index (χ4v) is 10.3. The standard InChI is InChI=1S/C24H32OSi/c1-24(2,3)26(21-15-9-5-10-16-21,22-17-11-6-12-18-22)19-23(25)20-13-7-4-8-14-20/h4-7,9-12,15-18,20,23,25H,8,13-14,19H2,1-3H3. The molecule has 2 heteroatoms. The summed E-state index contributed by atoms with van der Waals surface area (Å²) in [5, 5.41) is 14.3. The lowest BCUT2D eigenvalue weighted by Crippen LogP contribution is -2.65. The van der Waals surface area contributed by atoms with E-state index < -0.39 is 8.07 Å². The Morgan fingerprint density at radius 1 is 0.923 bits per heavy atom. The van der Waals surface area contributed by atoms with Crippen molar-refractivity contribution >= 4 is 18.4 Å². The first-order valence-corrected chi connectivity index (χ1v) is 12.1. The summed E-state index contributed by atoms with van der Waals surface area (Å²) in [4.78, 5) is 0. The Labute approximate surface area is 159 Å². The summed E-state index contributed by atoms with van der Waals surface area (Å²) in [7, 11) is -2.17. The maximum Gasteiger partial charge on any atom is 0.125 e. The van der Waals surface area contributed by atoms with E-state index in [1.807, 2.05) is 0 Å². The summed E-state index contributed by atoms with van der Waals surface area (Å²) in [5.41, 5.74) is 0. The third-order valence-electron chi connectivity index (χ3n) is 6.18. The first-order valence-electron chi connectivity index (χ1n) is 9.89. The van der Waals surface area contributed by atoms with Crippen molar-refractivity contribution in [3.05, 3.63) is 72.8 Å². The predicted octanol–water partition coefficient (Wildman–Crippen LogP) is 4.77.